The van der Waals surface area contributed by atoms with Gasteiger partial charge in [0.1, 0.15) is 28.3 Å². The van der Waals surface area contributed by atoms with E-state index in [1.807, 2.05) is 6.20 Å². The number of hydrogen-bond donors (Lipinski definition) is 0. The van der Waals surface area contributed by atoms with E-state index >= 15 is 0 Å². The number of hydrogen-bond acceptors (Lipinski definition) is 4. The van der Waals surface area contributed by atoms with Gasteiger partial charge in [-0.3, -0.25) is 4.57 Å². The number of rotatable bonds is 10. The molecule has 2 aromatic heterocycles. The molecule has 0 bridgehead atoms. The van der Waals surface area contributed by atoms with Crippen molar-refractivity contribution in [2.24, 2.45) is 10.9 Å². The fourth-order valence-corrected chi connectivity index (χ4v) is 11.6. The van der Waals surface area contributed by atoms with Crippen LogP contribution >= 0.6 is 0 Å². The van der Waals surface area contributed by atoms with Crippen molar-refractivity contribution < 1.29 is 9.47 Å². The molecule has 5 heteroatoms. The second-order valence-electron chi connectivity index (χ2n) is 22.8. The van der Waals surface area contributed by atoms with Crippen LogP contribution in [0, 0.1) is 12.8 Å². The van der Waals surface area contributed by atoms with E-state index in [1.54, 1.807) is 0 Å². The highest BCUT2D eigenvalue weighted by molar-refractivity contribution is 6.10. The summed E-state index contributed by atoms with van der Waals surface area (Å²) in [7, 11) is 0. The molecule has 0 aliphatic carbocycles. The Labute approximate surface area is 410 Å². The normalized spacial score (nSPS) is 18.7. The summed E-state index contributed by atoms with van der Waals surface area (Å²) in [6.07, 6.45) is 1.92. The van der Waals surface area contributed by atoms with Crippen LogP contribution in [0.25, 0.3) is 38.8 Å². The molecule has 69 heavy (non-hydrogen) atoms. The van der Waals surface area contributed by atoms with Crippen LogP contribution in [0.5, 0.6) is 11.5 Å². The maximum Gasteiger partial charge on any atom is 0.217 e. The molecule has 6 aromatic carbocycles. The zero-order chi connectivity index (χ0) is 48.9. The van der Waals surface area contributed by atoms with Gasteiger partial charge in [0.15, 0.2) is 0 Å². The molecule has 0 unspecified atom stereocenters. The number of pyridine rings is 1. The fraction of sp³-hybridized carbons (Fsp3) is 0.344. The van der Waals surface area contributed by atoms with Crippen molar-refractivity contribution in [3.05, 3.63) is 190 Å². The van der Waals surface area contributed by atoms with Gasteiger partial charge in [0.05, 0.1) is 11.2 Å². The molecule has 0 amide bonds. The van der Waals surface area contributed by atoms with Crippen molar-refractivity contribution in [2.75, 3.05) is 0 Å². The molecule has 4 heterocycles. The van der Waals surface area contributed by atoms with Gasteiger partial charge < -0.3 is 9.47 Å². The largest absolute Gasteiger partial charge is 0.468 e. The van der Waals surface area contributed by atoms with E-state index in [1.165, 1.54) is 55.4 Å². The molecule has 2 aliphatic rings. The van der Waals surface area contributed by atoms with Gasteiger partial charge in [-0.2, -0.15) is 0 Å². The van der Waals surface area contributed by atoms with Crippen LogP contribution in [0.3, 0.4) is 0 Å². The summed E-state index contributed by atoms with van der Waals surface area (Å²) in [5.74, 6) is 2.82. The lowest BCUT2D eigenvalue weighted by Crippen LogP contribution is -2.54. The maximum atomic E-state index is 7.42. The number of nitrogens with zero attached hydrogens (tertiary/aromatic N) is 3. The summed E-state index contributed by atoms with van der Waals surface area (Å²) in [5, 5.41) is 2.40. The van der Waals surface area contributed by atoms with Crippen molar-refractivity contribution in [1.82, 2.24) is 9.55 Å². The number of aliphatic imine (C=N–C) groups is 1. The lowest BCUT2D eigenvalue weighted by Gasteiger charge is -2.45. The molecule has 0 radical (unpaired) electrons. The molecule has 10 rings (SSSR count). The molecule has 0 spiro atoms. The quantitative estimate of drug-likeness (QED) is 0.137. The molecule has 352 valence electrons. The highest BCUT2D eigenvalue weighted by atomic mass is 16.5. The smallest absolute Gasteiger partial charge is 0.217 e. The summed E-state index contributed by atoms with van der Waals surface area (Å²) >= 11 is 0. The van der Waals surface area contributed by atoms with Crippen LogP contribution < -0.4 is 4.74 Å². The third kappa shape index (κ3) is 7.41. The Kier molecular flexibility index (Phi) is 11.1. The SMILES string of the molecule is Cc1cc2c(cc1Oc1cc(C3=N[C@](C)(C(c4ccccc4)c4ccccc4)[C@@](C)(C(C)C)O3)cc(-c3c(C(C)C)cccc3C(C)C)c1)-n1c3ncccc3c3cc(C(C)(C)C)cc(c31)C2(C)C. The Morgan fingerprint density at radius 1 is 0.638 bits per heavy atom. The van der Waals surface area contributed by atoms with Gasteiger partial charge in [-0.05, 0) is 142 Å². The Morgan fingerprint density at radius 3 is 1.86 bits per heavy atom. The molecule has 2 aliphatic heterocycles. The third-order valence-electron chi connectivity index (χ3n) is 16.0. The molecule has 5 nitrogen and oxygen atoms in total. The molecule has 0 saturated heterocycles. The number of fused-ring (bicyclic) bond motifs is 5. The lowest BCUT2D eigenvalue weighted by atomic mass is 9.64. The van der Waals surface area contributed by atoms with Gasteiger partial charge in [0, 0.05) is 39.9 Å². The van der Waals surface area contributed by atoms with Crippen LogP contribution in [0.2, 0.25) is 0 Å². The molecular formula is C64H69N3O2. The third-order valence-corrected chi connectivity index (χ3v) is 16.0. The molecular weight excluding hydrogens is 843 g/mol. The van der Waals surface area contributed by atoms with Gasteiger partial charge in [-0.25, -0.2) is 9.98 Å². The molecule has 0 fully saturated rings. The van der Waals surface area contributed by atoms with Crippen molar-refractivity contribution in [1.29, 1.82) is 0 Å². The predicted octanol–water partition coefficient (Wildman–Crippen LogP) is 16.9. The Balaban J connectivity index is 1.19. The minimum atomic E-state index is -0.681. The molecule has 0 N–H and O–H groups in total. The van der Waals surface area contributed by atoms with E-state index in [-0.39, 0.29) is 22.7 Å². The number of aryl methyl sites for hydroxylation is 1. The first-order chi connectivity index (χ1) is 32.7. The summed E-state index contributed by atoms with van der Waals surface area (Å²) in [4.78, 5) is 10.9. The predicted molar refractivity (Wildman–Crippen MR) is 288 cm³/mol. The second-order valence-corrected chi connectivity index (χ2v) is 22.8. The van der Waals surface area contributed by atoms with Gasteiger partial charge in [0.2, 0.25) is 5.90 Å². The summed E-state index contributed by atoms with van der Waals surface area (Å²) in [6.45, 7) is 32.1. The standard InChI is InChI=1S/C64H69N3O2/c1-38(2)48-27-21-28-49(39(3)4)56(48)44-32-45(60-66-63(13,64(14,69-60)40(5)6)57(42-23-17-15-18-24-42)43-25-19-16-20-26-43)34-47(33-44)68-55-37-54-52(31-41(55)7)62(11,12)53-36-46(61(8,9)10)35-51-50-29-22-30-65-59(50)67(54)58(51)53/h15-40,57H,1-14H3/t63-,64-/m1/s1. The van der Waals surface area contributed by atoms with E-state index in [0.29, 0.717) is 17.7 Å². The zero-order valence-electron chi connectivity index (χ0n) is 43.2. The lowest BCUT2D eigenvalue weighted by molar-refractivity contribution is -0.0158. The minimum absolute atomic E-state index is 0.0169. The zero-order valence-corrected chi connectivity index (χ0v) is 43.2. The number of ether oxygens (including phenoxy) is 2. The molecule has 8 aromatic rings. The summed E-state index contributed by atoms with van der Waals surface area (Å²) < 4.78 is 17.1. The van der Waals surface area contributed by atoms with Gasteiger partial charge in [0.25, 0.3) is 0 Å². The van der Waals surface area contributed by atoms with Crippen LogP contribution in [-0.4, -0.2) is 26.6 Å². The van der Waals surface area contributed by atoms with Crippen LogP contribution in [0.15, 0.2) is 145 Å². The van der Waals surface area contributed by atoms with E-state index < -0.39 is 11.1 Å². The highest BCUT2D eigenvalue weighted by Crippen LogP contribution is 2.54. The van der Waals surface area contributed by atoms with E-state index in [2.05, 4.69) is 235 Å². The van der Waals surface area contributed by atoms with Crippen molar-refractivity contribution in [3.63, 3.8) is 0 Å². The first-order valence-corrected chi connectivity index (χ1v) is 25.2. The minimum Gasteiger partial charge on any atom is -0.468 e. The van der Waals surface area contributed by atoms with E-state index in [0.717, 1.165) is 44.9 Å². The summed E-state index contributed by atoms with van der Waals surface area (Å²) in [6, 6.07) is 48.9. The fourth-order valence-electron chi connectivity index (χ4n) is 11.6. The van der Waals surface area contributed by atoms with Gasteiger partial charge in [-0.1, -0.05) is 161 Å². The van der Waals surface area contributed by atoms with Crippen molar-refractivity contribution >= 4 is 27.8 Å². The number of aromatic nitrogens is 2. The highest BCUT2D eigenvalue weighted by Gasteiger charge is 2.59. The maximum absolute atomic E-state index is 7.42. The van der Waals surface area contributed by atoms with Gasteiger partial charge in [-0.15, -0.1) is 0 Å². The van der Waals surface area contributed by atoms with Crippen molar-refractivity contribution in [3.8, 4) is 28.3 Å². The Morgan fingerprint density at radius 2 is 1.26 bits per heavy atom. The summed E-state index contributed by atoms with van der Waals surface area (Å²) in [5.41, 5.74) is 14.9. The average molecular weight is 912 g/mol. The first-order valence-electron chi connectivity index (χ1n) is 25.2. The van der Waals surface area contributed by atoms with E-state index in [4.69, 9.17) is 19.5 Å². The molecule has 2 atom stereocenters. The van der Waals surface area contributed by atoms with E-state index in [9.17, 15) is 0 Å². The second kappa shape index (κ2) is 16.6. The number of benzene rings is 6. The Bertz CT molecular complexity index is 3250. The monoisotopic (exact) mass is 912 g/mol. The first kappa shape index (κ1) is 46.3. The van der Waals surface area contributed by atoms with Crippen LogP contribution in [0.4, 0.5) is 0 Å². The van der Waals surface area contributed by atoms with Crippen LogP contribution in [0.1, 0.15) is 158 Å². The molecule has 0 saturated carbocycles. The topological polar surface area (TPSA) is 48.6 Å². The van der Waals surface area contributed by atoms with Crippen LogP contribution in [-0.2, 0) is 15.6 Å². The Hall–Kier alpha value is -6.46. The van der Waals surface area contributed by atoms with Crippen molar-refractivity contribution in [2.45, 2.75) is 137 Å². The average Bonchev–Trinajstić information content (AvgIpc) is 3.80. The van der Waals surface area contributed by atoms with Gasteiger partial charge >= 0.3 is 0 Å².